The molecule has 2 heterocycles. The van der Waals surface area contributed by atoms with Gasteiger partial charge in [0.2, 0.25) is 0 Å². The van der Waals surface area contributed by atoms with E-state index in [9.17, 15) is 0 Å². The number of rotatable bonds is 0. The Morgan fingerprint density at radius 2 is 0.667 bits per heavy atom. The highest BCUT2D eigenvalue weighted by Crippen LogP contribution is 2.37. The first-order valence-electron chi connectivity index (χ1n) is 11.3. The molecule has 4 aliphatic rings. The van der Waals surface area contributed by atoms with Crippen molar-refractivity contribution in [2.24, 2.45) is 11.8 Å². The maximum Gasteiger partial charge on any atom is 0.168 e. The third-order valence-corrected chi connectivity index (χ3v) is 4.61. The summed E-state index contributed by atoms with van der Waals surface area (Å²) in [6.07, 6.45) is 10.9. The molecule has 2 saturated heterocycles. The third-order valence-electron chi connectivity index (χ3n) is 4.61. The van der Waals surface area contributed by atoms with E-state index in [0.717, 1.165) is 63.9 Å². The molecule has 0 radical (unpaired) electrons. The molecule has 27 heavy (non-hydrogen) atoms. The van der Waals surface area contributed by atoms with E-state index in [1.165, 1.54) is 32.1 Å². The molecule has 0 unspecified atom stereocenters. The molecular formula is C23H46O4. The Bertz CT molecular complexity index is 312. The van der Waals surface area contributed by atoms with Crippen molar-refractivity contribution < 1.29 is 18.9 Å². The van der Waals surface area contributed by atoms with E-state index in [2.05, 4.69) is 41.5 Å². The van der Waals surface area contributed by atoms with Gasteiger partial charge in [-0.15, -0.1) is 0 Å². The van der Waals surface area contributed by atoms with Crippen LogP contribution in [-0.4, -0.2) is 38.0 Å². The molecule has 0 atom stereocenters. The summed E-state index contributed by atoms with van der Waals surface area (Å²) >= 11 is 0. The second-order valence-electron chi connectivity index (χ2n) is 9.45. The molecule has 4 heteroatoms. The van der Waals surface area contributed by atoms with Crippen LogP contribution in [0.4, 0.5) is 0 Å². The summed E-state index contributed by atoms with van der Waals surface area (Å²) in [7, 11) is 0. The average molecular weight is 387 g/mol. The van der Waals surface area contributed by atoms with Gasteiger partial charge in [-0.2, -0.15) is 0 Å². The molecule has 0 bridgehead atoms. The molecule has 0 aromatic carbocycles. The van der Waals surface area contributed by atoms with Crippen LogP contribution in [0.25, 0.3) is 0 Å². The van der Waals surface area contributed by atoms with Crippen molar-refractivity contribution in [1.29, 1.82) is 0 Å². The summed E-state index contributed by atoms with van der Waals surface area (Å²) in [4.78, 5) is 0. The third kappa shape index (κ3) is 10.8. The maximum atomic E-state index is 5.56. The van der Waals surface area contributed by atoms with Crippen LogP contribution < -0.4 is 0 Å². The monoisotopic (exact) mass is 386 g/mol. The highest BCUT2D eigenvalue weighted by atomic mass is 16.7. The Balaban J connectivity index is 0.000000198. The molecule has 0 aromatic heterocycles. The molecule has 2 aliphatic carbocycles. The van der Waals surface area contributed by atoms with Crippen molar-refractivity contribution in [1.82, 2.24) is 0 Å². The minimum Gasteiger partial charge on any atom is -0.348 e. The molecule has 0 aromatic rings. The minimum atomic E-state index is -0.127. The van der Waals surface area contributed by atoms with Gasteiger partial charge in [0.05, 0.1) is 26.4 Å². The van der Waals surface area contributed by atoms with Gasteiger partial charge in [-0.05, 0) is 37.5 Å². The summed E-state index contributed by atoms with van der Waals surface area (Å²) in [5, 5.41) is 0. The zero-order valence-corrected chi connectivity index (χ0v) is 19.0. The lowest BCUT2D eigenvalue weighted by Crippen LogP contribution is -2.32. The molecule has 2 spiro atoms. The predicted octanol–water partition coefficient (Wildman–Crippen LogP) is 6.32. The van der Waals surface area contributed by atoms with Crippen LogP contribution >= 0.6 is 0 Å². The van der Waals surface area contributed by atoms with Gasteiger partial charge in [-0.25, -0.2) is 0 Å². The van der Waals surface area contributed by atoms with Crippen LogP contribution in [0, 0.1) is 11.8 Å². The van der Waals surface area contributed by atoms with Gasteiger partial charge in [0, 0.05) is 25.7 Å². The molecule has 4 fully saturated rings. The summed E-state index contributed by atoms with van der Waals surface area (Å²) in [6, 6.07) is 0. The fourth-order valence-corrected chi connectivity index (χ4v) is 3.58. The predicted molar refractivity (Wildman–Crippen MR) is 112 cm³/mol. The van der Waals surface area contributed by atoms with Crippen LogP contribution in [0.15, 0.2) is 0 Å². The molecule has 2 aliphatic heterocycles. The molecular weight excluding hydrogens is 340 g/mol. The second-order valence-corrected chi connectivity index (χ2v) is 9.45. The number of hydrogen-bond acceptors (Lipinski definition) is 4. The fourth-order valence-electron chi connectivity index (χ4n) is 3.58. The average Bonchev–Trinajstić information content (AvgIpc) is 3.33. The van der Waals surface area contributed by atoms with Gasteiger partial charge in [0.1, 0.15) is 0 Å². The van der Waals surface area contributed by atoms with Crippen molar-refractivity contribution in [3.8, 4) is 0 Å². The second kappa shape index (κ2) is 13.1. The highest BCUT2D eigenvalue weighted by Gasteiger charge is 2.39. The minimum absolute atomic E-state index is 0.111. The van der Waals surface area contributed by atoms with Crippen LogP contribution in [0.2, 0.25) is 0 Å². The fraction of sp³-hybridized carbons (Fsp3) is 1.00. The first-order chi connectivity index (χ1) is 12.8. The Hall–Kier alpha value is -0.160. The lowest BCUT2D eigenvalue weighted by atomic mass is 9.94. The first kappa shape index (κ1) is 24.9. The highest BCUT2D eigenvalue weighted by molar-refractivity contribution is 4.80. The Morgan fingerprint density at radius 3 is 0.926 bits per heavy atom. The molecule has 162 valence electrons. The van der Waals surface area contributed by atoms with Crippen LogP contribution in [0.5, 0.6) is 0 Å². The van der Waals surface area contributed by atoms with Crippen molar-refractivity contribution in [2.75, 3.05) is 26.4 Å². The van der Waals surface area contributed by atoms with E-state index in [-0.39, 0.29) is 11.6 Å². The van der Waals surface area contributed by atoms with E-state index < -0.39 is 0 Å². The smallest absolute Gasteiger partial charge is 0.168 e. The molecule has 0 amide bonds. The number of ether oxygens (including phenoxy) is 4. The van der Waals surface area contributed by atoms with Gasteiger partial charge >= 0.3 is 0 Å². The van der Waals surface area contributed by atoms with Crippen LogP contribution in [-0.2, 0) is 18.9 Å². The SMILES string of the molecule is C1CCC2(C1)OCCO2.C1CCC2(CC1)OCCO2.CC(C)C.CC(C)C. The topological polar surface area (TPSA) is 36.9 Å². The largest absolute Gasteiger partial charge is 0.348 e. The van der Waals surface area contributed by atoms with Gasteiger partial charge in [-0.1, -0.05) is 48.0 Å². The van der Waals surface area contributed by atoms with E-state index in [1.54, 1.807) is 0 Å². The zero-order valence-electron chi connectivity index (χ0n) is 19.0. The summed E-state index contributed by atoms with van der Waals surface area (Å²) in [5.74, 6) is 1.43. The Kier molecular flexibility index (Phi) is 12.1. The molecule has 4 rings (SSSR count). The molecule has 2 saturated carbocycles. The van der Waals surface area contributed by atoms with Crippen molar-refractivity contribution in [3.05, 3.63) is 0 Å². The quantitative estimate of drug-likeness (QED) is 0.488. The molecule has 0 N–H and O–H groups in total. The van der Waals surface area contributed by atoms with Gasteiger partial charge in [0.25, 0.3) is 0 Å². The molecule has 4 nitrogen and oxygen atoms in total. The lowest BCUT2D eigenvalue weighted by molar-refractivity contribution is -0.176. The zero-order chi connectivity index (χ0) is 20.2. The van der Waals surface area contributed by atoms with E-state index in [1.807, 2.05) is 0 Å². The van der Waals surface area contributed by atoms with E-state index >= 15 is 0 Å². The van der Waals surface area contributed by atoms with Gasteiger partial charge in [-0.3, -0.25) is 0 Å². The van der Waals surface area contributed by atoms with Gasteiger partial charge < -0.3 is 18.9 Å². The van der Waals surface area contributed by atoms with E-state index in [4.69, 9.17) is 18.9 Å². The Morgan fingerprint density at radius 1 is 0.444 bits per heavy atom. The van der Waals surface area contributed by atoms with Crippen molar-refractivity contribution in [3.63, 3.8) is 0 Å². The lowest BCUT2D eigenvalue weighted by Gasteiger charge is -2.30. The summed E-state index contributed by atoms with van der Waals surface area (Å²) in [6.45, 7) is 16.2. The standard InChI is InChI=1S/C8H14O2.C7H12O2.2C4H10/c1-2-4-8(5-3-1)9-6-7-10-8;1-2-4-7(3-1)8-5-6-9-7;2*1-4(2)3/h1-7H2;1-6H2;2*4H,1-3H3. The maximum absolute atomic E-state index is 5.56. The normalized spacial score (nSPS) is 24.9. The van der Waals surface area contributed by atoms with Crippen molar-refractivity contribution in [2.45, 2.75) is 111 Å². The van der Waals surface area contributed by atoms with Crippen molar-refractivity contribution >= 4 is 0 Å². The Labute approximate surface area is 168 Å². The summed E-state index contributed by atoms with van der Waals surface area (Å²) in [5.41, 5.74) is 0. The van der Waals surface area contributed by atoms with Crippen LogP contribution in [0.3, 0.4) is 0 Å². The number of hydrogen-bond donors (Lipinski definition) is 0. The first-order valence-corrected chi connectivity index (χ1v) is 11.3. The summed E-state index contributed by atoms with van der Waals surface area (Å²) < 4.78 is 22.1. The van der Waals surface area contributed by atoms with E-state index in [0.29, 0.717) is 0 Å². The van der Waals surface area contributed by atoms with Crippen LogP contribution in [0.1, 0.15) is 99.3 Å². The van der Waals surface area contributed by atoms with Gasteiger partial charge in [0.15, 0.2) is 11.6 Å².